The van der Waals surface area contributed by atoms with Crippen LogP contribution in [0.5, 0.6) is 11.5 Å². The van der Waals surface area contributed by atoms with Crippen LogP contribution in [0.2, 0.25) is 0 Å². The minimum absolute atomic E-state index is 0.0402. The number of rotatable bonds is 13. The molecule has 0 N–H and O–H groups in total. The summed E-state index contributed by atoms with van der Waals surface area (Å²) in [5.41, 5.74) is 2.01. The van der Waals surface area contributed by atoms with Crippen LogP contribution in [0.4, 0.5) is 5.69 Å². The van der Waals surface area contributed by atoms with Gasteiger partial charge >= 0.3 is 0 Å². The molecule has 3 aromatic rings. The predicted octanol–water partition coefficient (Wildman–Crippen LogP) is 6.65. The predicted molar refractivity (Wildman–Crippen MR) is 149 cm³/mol. The molecule has 0 radical (unpaired) electrons. The van der Waals surface area contributed by atoms with E-state index in [9.17, 15) is 13.2 Å². The molecule has 37 heavy (non-hydrogen) atoms. The Kier molecular flexibility index (Phi) is 10.3. The third kappa shape index (κ3) is 7.46. The van der Waals surface area contributed by atoms with Gasteiger partial charge in [-0.15, -0.1) is 0 Å². The number of carbonyl (C=O) groups excluding carboxylic acids is 1. The van der Waals surface area contributed by atoms with E-state index in [4.69, 9.17) is 9.47 Å². The largest absolute Gasteiger partial charge is 0.493 e. The minimum Gasteiger partial charge on any atom is -0.493 e. The number of amides is 1. The van der Waals surface area contributed by atoms with Crippen molar-refractivity contribution in [3.63, 3.8) is 0 Å². The third-order valence-corrected chi connectivity index (χ3v) is 7.66. The zero-order valence-corrected chi connectivity index (χ0v) is 22.5. The van der Waals surface area contributed by atoms with E-state index in [1.54, 1.807) is 61.7 Å². The second kappa shape index (κ2) is 13.7. The molecule has 7 heteroatoms. The van der Waals surface area contributed by atoms with E-state index in [0.29, 0.717) is 23.7 Å². The van der Waals surface area contributed by atoms with Crippen molar-refractivity contribution in [3.8, 4) is 11.5 Å². The van der Waals surface area contributed by atoms with Crippen molar-refractivity contribution >= 4 is 27.7 Å². The smallest absolute Gasteiger partial charge is 0.271 e. The zero-order valence-electron chi connectivity index (χ0n) is 21.7. The van der Waals surface area contributed by atoms with Gasteiger partial charge in [-0.05, 0) is 66.4 Å². The van der Waals surface area contributed by atoms with Crippen molar-refractivity contribution < 1.29 is 22.7 Å². The number of hydrogen-bond donors (Lipinski definition) is 0. The van der Waals surface area contributed by atoms with E-state index in [2.05, 4.69) is 6.92 Å². The van der Waals surface area contributed by atoms with E-state index in [0.717, 1.165) is 35.6 Å². The molecule has 196 valence electrons. The number of methoxy groups -OCH3 is 1. The van der Waals surface area contributed by atoms with Crippen LogP contribution < -0.4 is 13.8 Å². The second-order valence-corrected chi connectivity index (χ2v) is 10.4. The van der Waals surface area contributed by atoms with E-state index in [1.807, 2.05) is 19.1 Å². The Labute approximate surface area is 220 Å². The Morgan fingerprint density at radius 3 is 2.27 bits per heavy atom. The summed E-state index contributed by atoms with van der Waals surface area (Å²) < 4.78 is 39.1. The molecule has 0 aliphatic rings. The monoisotopic (exact) mass is 521 g/mol. The zero-order chi connectivity index (χ0) is 26.7. The summed E-state index contributed by atoms with van der Waals surface area (Å²) in [5.74, 6) is 0.504. The molecule has 3 aromatic carbocycles. The Morgan fingerprint density at radius 1 is 0.892 bits per heavy atom. The topological polar surface area (TPSA) is 72.9 Å². The SMILES string of the molecule is CCCCCCOc1ccc(/C=C/C(=O)N(c2ccc(CC)cc2)S(=O)(=O)c2ccccc2)cc1OC. The van der Waals surface area contributed by atoms with Gasteiger partial charge in [-0.2, -0.15) is 4.31 Å². The van der Waals surface area contributed by atoms with Gasteiger partial charge in [-0.25, -0.2) is 8.42 Å². The summed E-state index contributed by atoms with van der Waals surface area (Å²) in [7, 11) is -2.56. The summed E-state index contributed by atoms with van der Waals surface area (Å²) in [6.07, 6.45) is 8.07. The first-order chi connectivity index (χ1) is 17.9. The van der Waals surface area contributed by atoms with Gasteiger partial charge in [0.05, 0.1) is 24.3 Å². The molecule has 6 nitrogen and oxygen atoms in total. The number of hydrogen-bond acceptors (Lipinski definition) is 5. The Balaban J connectivity index is 1.86. The molecule has 1 amide bonds. The molecular weight excluding hydrogens is 486 g/mol. The highest BCUT2D eigenvalue weighted by Crippen LogP contribution is 2.29. The lowest BCUT2D eigenvalue weighted by Gasteiger charge is -2.21. The molecule has 0 aliphatic heterocycles. The molecule has 0 aromatic heterocycles. The maximum Gasteiger partial charge on any atom is 0.271 e. The number of ether oxygens (including phenoxy) is 2. The number of nitrogens with zero attached hydrogens (tertiary/aromatic N) is 1. The summed E-state index contributed by atoms with van der Waals surface area (Å²) in [4.78, 5) is 13.4. The molecule has 0 spiro atoms. The van der Waals surface area contributed by atoms with Gasteiger partial charge in [0, 0.05) is 6.08 Å². The maximum atomic E-state index is 13.5. The molecule has 0 aliphatic carbocycles. The Bertz CT molecular complexity index is 1290. The molecule has 0 saturated carbocycles. The van der Waals surface area contributed by atoms with E-state index in [1.165, 1.54) is 24.6 Å². The highest BCUT2D eigenvalue weighted by molar-refractivity contribution is 7.93. The molecule has 0 atom stereocenters. The fourth-order valence-electron chi connectivity index (χ4n) is 3.80. The molecule has 0 bridgehead atoms. The summed E-state index contributed by atoms with van der Waals surface area (Å²) >= 11 is 0. The molecule has 0 heterocycles. The van der Waals surface area contributed by atoms with Crippen molar-refractivity contribution in [1.29, 1.82) is 0 Å². The van der Waals surface area contributed by atoms with Gasteiger partial charge < -0.3 is 9.47 Å². The second-order valence-electron chi connectivity index (χ2n) is 8.59. The van der Waals surface area contributed by atoms with Gasteiger partial charge in [0.25, 0.3) is 15.9 Å². The van der Waals surface area contributed by atoms with Crippen molar-refractivity contribution in [2.24, 2.45) is 0 Å². The standard InChI is InChI=1S/C30H35NO5S/c1-4-6-7-11-22-36-28-20-16-25(23-29(28)35-3)17-21-30(32)31(26-18-14-24(5-2)15-19-26)37(33,34)27-12-9-8-10-13-27/h8-10,12-21,23H,4-7,11,22H2,1-3H3/b21-17+. The highest BCUT2D eigenvalue weighted by Gasteiger charge is 2.29. The Hall–Kier alpha value is -3.58. The van der Waals surface area contributed by atoms with Crippen LogP contribution in [-0.4, -0.2) is 28.0 Å². The number of aryl methyl sites for hydroxylation is 1. The van der Waals surface area contributed by atoms with Crippen LogP contribution in [0.15, 0.2) is 83.8 Å². The lowest BCUT2D eigenvalue weighted by Crippen LogP contribution is -2.35. The fourth-order valence-corrected chi connectivity index (χ4v) is 5.21. The van der Waals surface area contributed by atoms with Crippen molar-refractivity contribution in [3.05, 3.63) is 90.0 Å². The first-order valence-electron chi connectivity index (χ1n) is 12.6. The normalized spacial score (nSPS) is 11.4. The lowest BCUT2D eigenvalue weighted by molar-refractivity contribution is -0.113. The summed E-state index contributed by atoms with van der Waals surface area (Å²) in [5, 5.41) is 0. The van der Waals surface area contributed by atoms with Crippen LogP contribution in [0.25, 0.3) is 6.08 Å². The maximum absolute atomic E-state index is 13.5. The molecule has 3 rings (SSSR count). The van der Waals surface area contributed by atoms with Gasteiger partial charge in [-0.1, -0.05) is 69.5 Å². The molecular formula is C30H35NO5S. The summed E-state index contributed by atoms with van der Waals surface area (Å²) in [6.45, 7) is 4.78. The lowest BCUT2D eigenvalue weighted by atomic mass is 10.1. The first kappa shape index (κ1) is 28.0. The van der Waals surface area contributed by atoms with Gasteiger partial charge in [0.2, 0.25) is 0 Å². The quantitative estimate of drug-likeness (QED) is 0.186. The average molecular weight is 522 g/mol. The van der Waals surface area contributed by atoms with Crippen molar-refractivity contribution in [1.82, 2.24) is 0 Å². The number of anilines is 1. The van der Waals surface area contributed by atoms with Crippen LogP contribution in [-0.2, 0) is 21.2 Å². The van der Waals surface area contributed by atoms with Crippen LogP contribution in [0.3, 0.4) is 0 Å². The van der Waals surface area contributed by atoms with Crippen LogP contribution >= 0.6 is 0 Å². The van der Waals surface area contributed by atoms with Gasteiger partial charge in [-0.3, -0.25) is 4.79 Å². The van der Waals surface area contributed by atoms with E-state index < -0.39 is 15.9 Å². The van der Waals surface area contributed by atoms with Gasteiger partial charge in [0.15, 0.2) is 11.5 Å². The van der Waals surface area contributed by atoms with Crippen molar-refractivity contribution in [2.75, 3.05) is 18.0 Å². The molecule has 0 saturated heterocycles. The number of benzene rings is 3. The number of sulfonamides is 1. The molecule has 0 fully saturated rings. The number of carbonyl (C=O) groups is 1. The van der Waals surface area contributed by atoms with E-state index >= 15 is 0 Å². The van der Waals surface area contributed by atoms with Crippen molar-refractivity contribution in [2.45, 2.75) is 50.8 Å². The van der Waals surface area contributed by atoms with Crippen LogP contribution in [0, 0.1) is 0 Å². The first-order valence-corrected chi connectivity index (χ1v) is 14.1. The summed E-state index contributed by atoms with van der Waals surface area (Å²) in [6, 6.07) is 20.3. The Morgan fingerprint density at radius 2 is 1.62 bits per heavy atom. The van der Waals surface area contributed by atoms with Crippen LogP contribution in [0.1, 0.15) is 50.7 Å². The number of unbranched alkanes of at least 4 members (excludes halogenated alkanes) is 3. The fraction of sp³-hybridized carbons (Fsp3) is 0.300. The molecule has 0 unspecified atom stereocenters. The minimum atomic E-state index is -4.13. The highest BCUT2D eigenvalue weighted by atomic mass is 32.2. The van der Waals surface area contributed by atoms with E-state index in [-0.39, 0.29) is 10.6 Å². The average Bonchev–Trinajstić information content (AvgIpc) is 2.93. The third-order valence-electron chi connectivity index (χ3n) is 5.92. The van der Waals surface area contributed by atoms with Gasteiger partial charge in [0.1, 0.15) is 0 Å².